The predicted octanol–water partition coefficient (Wildman–Crippen LogP) is -0.206. The lowest BCUT2D eigenvalue weighted by molar-refractivity contribution is -0.751. The standard InChI is InChI=1S/C7H7N5/c1-2-11-3-4-12(10-11)7(5-8)6-9/h3-4H,2H2,1H3. The number of allylic oxidation sites excluding steroid dienone is 1. The minimum Gasteiger partial charge on any atom is -0.759 e. The number of hydrogen-bond donors (Lipinski definition) is 0. The largest absolute Gasteiger partial charge is 0.759 e. The first-order chi connectivity index (χ1) is 5.81. The Morgan fingerprint density at radius 2 is 2.58 bits per heavy atom. The van der Waals surface area contributed by atoms with Crippen LogP contribution < -0.4 is 4.68 Å². The van der Waals surface area contributed by atoms with Gasteiger partial charge in [-0.05, 0) is 6.92 Å². The Kier molecular flexibility index (Phi) is 2.36. The van der Waals surface area contributed by atoms with Crippen LogP contribution in [0.5, 0.6) is 0 Å². The quantitative estimate of drug-likeness (QED) is 0.342. The zero-order valence-electron chi connectivity index (χ0n) is 6.60. The molecular formula is C7H7N5. The van der Waals surface area contributed by atoms with Gasteiger partial charge in [0.1, 0.15) is 6.54 Å². The predicted molar refractivity (Wildman–Crippen MR) is 41.8 cm³/mol. The lowest BCUT2D eigenvalue weighted by Crippen LogP contribution is -2.34. The van der Waals surface area contributed by atoms with E-state index in [1.165, 1.54) is 4.68 Å². The van der Waals surface area contributed by atoms with E-state index in [9.17, 15) is 0 Å². The van der Waals surface area contributed by atoms with E-state index in [2.05, 4.69) is 5.21 Å². The average molecular weight is 161 g/mol. The first-order valence-corrected chi connectivity index (χ1v) is 3.44. The van der Waals surface area contributed by atoms with Crippen LogP contribution in [0.15, 0.2) is 12.4 Å². The summed E-state index contributed by atoms with van der Waals surface area (Å²) in [5, 5.41) is 20.9. The molecule has 1 aromatic heterocycles. The van der Waals surface area contributed by atoms with Gasteiger partial charge in [0, 0.05) is 0 Å². The Bertz CT molecular complexity index is 363. The van der Waals surface area contributed by atoms with Crippen molar-refractivity contribution in [2.24, 2.45) is 0 Å². The maximum atomic E-state index is 8.48. The summed E-state index contributed by atoms with van der Waals surface area (Å²) < 4.78 is 2.89. The molecule has 0 aliphatic carbocycles. The molecule has 0 fully saturated rings. The number of aromatic nitrogens is 3. The van der Waals surface area contributed by atoms with Crippen LogP contribution in [-0.2, 0) is 6.54 Å². The molecule has 60 valence electrons. The van der Waals surface area contributed by atoms with E-state index in [1.807, 2.05) is 6.92 Å². The van der Waals surface area contributed by atoms with Gasteiger partial charge in [0.2, 0.25) is 0 Å². The SMILES string of the molecule is CC[n+]1ccn(C(=C=[N-])C#N)n1. The summed E-state index contributed by atoms with van der Waals surface area (Å²) in [6.45, 7) is 2.65. The molecule has 1 aromatic rings. The van der Waals surface area contributed by atoms with Gasteiger partial charge in [0.15, 0.2) is 18.5 Å². The zero-order chi connectivity index (χ0) is 8.97. The highest BCUT2D eigenvalue weighted by Gasteiger charge is 2.06. The summed E-state index contributed by atoms with van der Waals surface area (Å²) in [7, 11) is 0. The Morgan fingerprint density at radius 3 is 3.00 bits per heavy atom. The molecule has 0 aliphatic rings. The molecule has 0 bridgehead atoms. The van der Waals surface area contributed by atoms with E-state index in [-0.39, 0.29) is 5.70 Å². The zero-order valence-corrected chi connectivity index (χ0v) is 6.60. The molecule has 5 nitrogen and oxygen atoms in total. The molecule has 1 heterocycles. The summed E-state index contributed by atoms with van der Waals surface area (Å²) in [4.78, 5) is 0. The molecular weight excluding hydrogens is 154 g/mol. The highest BCUT2D eigenvalue weighted by atomic mass is 15.5. The summed E-state index contributed by atoms with van der Waals surface area (Å²) >= 11 is 0. The van der Waals surface area contributed by atoms with E-state index >= 15 is 0 Å². The van der Waals surface area contributed by atoms with Crippen molar-refractivity contribution in [2.45, 2.75) is 13.5 Å². The molecule has 0 saturated heterocycles. The second-order valence-corrected chi connectivity index (χ2v) is 2.06. The molecule has 0 atom stereocenters. The van der Waals surface area contributed by atoms with Gasteiger partial charge in [-0.15, -0.1) is 4.68 Å². The van der Waals surface area contributed by atoms with Crippen molar-refractivity contribution < 1.29 is 4.68 Å². The molecule has 0 N–H and O–H groups in total. The van der Waals surface area contributed by atoms with Gasteiger partial charge in [0.25, 0.3) is 5.70 Å². The van der Waals surface area contributed by atoms with E-state index in [1.54, 1.807) is 29.0 Å². The minimum absolute atomic E-state index is 0.0257. The lowest BCUT2D eigenvalue weighted by Gasteiger charge is -1.85. The molecule has 0 spiro atoms. The van der Waals surface area contributed by atoms with Crippen molar-refractivity contribution in [1.82, 2.24) is 9.90 Å². The van der Waals surface area contributed by atoms with Crippen LogP contribution in [0.1, 0.15) is 6.92 Å². The van der Waals surface area contributed by atoms with Crippen LogP contribution in [-0.4, -0.2) is 15.8 Å². The first-order valence-electron chi connectivity index (χ1n) is 3.44. The molecule has 0 aliphatic heterocycles. The third-order valence-electron chi connectivity index (χ3n) is 1.36. The average Bonchev–Trinajstić information content (AvgIpc) is 2.55. The Balaban J connectivity index is 3.05. The maximum absolute atomic E-state index is 8.48. The maximum Gasteiger partial charge on any atom is 0.252 e. The van der Waals surface area contributed by atoms with Gasteiger partial charge in [-0.1, -0.05) is 4.68 Å². The van der Waals surface area contributed by atoms with Crippen LogP contribution >= 0.6 is 0 Å². The van der Waals surface area contributed by atoms with E-state index < -0.39 is 0 Å². The highest BCUT2D eigenvalue weighted by molar-refractivity contribution is 5.88. The van der Waals surface area contributed by atoms with Crippen LogP contribution in [0.2, 0.25) is 0 Å². The normalized spacial score (nSPS) is 8.67. The monoisotopic (exact) mass is 161 g/mol. The van der Waals surface area contributed by atoms with Gasteiger partial charge in [-0.25, -0.2) is 5.87 Å². The van der Waals surface area contributed by atoms with Crippen LogP contribution in [0.4, 0.5) is 0 Å². The Hall–Kier alpha value is -1.92. The molecule has 1 rings (SSSR count). The van der Waals surface area contributed by atoms with Crippen molar-refractivity contribution in [3.63, 3.8) is 0 Å². The number of aryl methyl sites for hydroxylation is 1. The Morgan fingerprint density at radius 1 is 1.83 bits per heavy atom. The second-order valence-electron chi connectivity index (χ2n) is 2.06. The third kappa shape index (κ3) is 1.39. The minimum atomic E-state index is -0.0257. The first kappa shape index (κ1) is 8.18. The summed E-state index contributed by atoms with van der Waals surface area (Å²) in [5.74, 6) is 1.75. The van der Waals surface area contributed by atoms with Crippen LogP contribution in [0, 0.1) is 11.3 Å². The molecule has 0 saturated carbocycles. The van der Waals surface area contributed by atoms with E-state index in [0.717, 1.165) is 6.54 Å². The van der Waals surface area contributed by atoms with E-state index in [4.69, 9.17) is 10.7 Å². The molecule has 0 unspecified atom stereocenters. The molecule has 0 aromatic carbocycles. The van der Waals surface area contributed by atoms with Crippen LogP contribution in [0.3, 0.4) is 0 Å². The van der Waals surface area contributed by atoms with Crippen molar-refractivity contribution >= 4 is 11.6 Å². The van der Waals surface area contributed by atoms with Crippen molar-refractivity contribution in [3.8, 4) is 6.07 Å². The van der Waals surface area contributed by atoms with E-state index in [0.29, 0.717) is 0 Å². The summed E-state index contributed by atoms with van der Waals surface area (Å²) in [5.41, 5.74) is -0.0257. The van der Waals surface area contributed by atoms with Crippen LogP contribution in [0.25, 0.3) is 11.1 Å². The fourth-order valence-corrected chi connectivity index (χ4v) is 0.739. The highest BCUT2D eigenvalue weighted by Crippen LogP contribution is 1.91. The van der Waals surface area contributed by atoms with Gasteiger partial charge in [-0.3, -0.25) is 0 Å². The van der Waals surface area contributed by atoms with Gasteiger partial charge in [-0.2, -0.15) is 5.26 Å². The third-order valence-corrected chi connectivity index (χ3v) is 1.36. The molecule has 0 amide bonds. The number of hydrogen-bond acceptors (Lipinski definition) is 2. The lowest BCUT2D eigenvalue weighted by atomic mass is 10.5. The van der Waals surface area contributed by atoms with Gasteiger partial charge >= 0.3 is 0 Å². The number of nitrogens with zero attached hydrogens (tertiary/aromatic N) is 5. The second kappa shape index (κ2) is 3.46. The van der Waals surface area contributed by atoms with Crippen molar-refractivity contribution in [3.05, 3.63) is 17.8 Å². The molecule has 0 radical (unpaired) electrons. The summed E-state index contributed by atoms with van der Waals surface area (Å²) in [6.07, 6.45) is 3.28. The fraction of sp³-hybridized carbons (Fsp3) is 0.286. The van der Waals surface area contributed by atoms with Crippen molar-refractivity contribution in [1.29, 1.82) is 5.26 Å². The van der Waals surface area contributed by atoms with Gasteiger partial charge < -0.3 is 5.41 Å². The number of nitriles is 1. The van der Waals surface area contributed by atoms with Crippen molar-refractivity contribution in [2.75, 3.05) is 0 Å². The fourth-order valence-electron chi connectivity index (χ4n) is 0.739. The Labute approximate surface area is 69.6 Å². The molecule has 5 heteroatoms. The molecule has 12 heavy (non-hydrogen) atoms. The van der Waals surface area contributed by atoms with Gasteiger partial charge in [0.05, 0.1) is 5.21 Å². The smallest absolute Gasteiger partial charge is 0.252 e. The topological polar surface area (TPSA) is 67.8 Å². The summed E-state index contributed by atoms with van der Waals surface area (Å²) in [6, 6.07) is 1.75. The number of rotatable bonds is 2.